The summed E-state index contributed by atoms with van der Waals surface area (Å²) in [5.74, 6) is 2.58. The van der Waals surface area contributed by atoms with Crippen LogP contribution >= 0.6 is 0 Å². The van der Waals surface area contributed by atoms with E-state index in [-0.39, 0.29) is 0 Å². The van der Waals surface area contributed by atoms with Crippen LogP contribution in [0.25, 0.3) is 11.3 Å². The molecule has 0 atom stereocenters. The first-order chi connectivity index (χ1) is 15.2. The van der Waals surface area contributed by atoms with Gasteiger partial charge in [-0.05, 0) is 37.6 Å². The van der Waals surface area contributed by atoms with Crippen LogP contribution in [-0.4, -0.2) is 61.4 Å². The molecule has 1 aromatic carbocycles. The number of pyridine rings is 1. The summed E-state index contributed by atoms with van der Waals surface area (Å²) < 4.78 is 5.45. The quantitative estimate of drug-likeness (QED) is 0.561. The fourth-order valence-corrected chi connectivity index (χ4v) is 3.69. The molecular weight excluding hydrogens is 388 g/mol. The van der Waals surface area contributed by atoms with Gasteiger partial charge < -0.3 is 19.9 Å². The van der Waals surface area contributed by atoms with Gasteiger partial charge in [-0.2, -0.15) is 0 Å². The minimum absolute atomic E-state index is 0.742. The van der Waals surface area contributed by atoms with Gasteiger partial charge in [0.15, 0.2) is 0 Å². The predicted molar refractivity (Wildman–Crippen MR) is 126 cm³/mol. The number of morpholine rings is 1. The van der Waals surface area contributed by atoms with Crippen molar-refractivity contribution in [1.29, 1.82) is 0 Å². The third kappa shape index (κ3) is 5.70. The fourth-order valence-electron chi connectivity index (χ4n) is 3.69. The van der Waals surface area contributed by atoms with Gasteiger partial charge in [-0.3, -0.25) is 0 Å². The number of benzene rings is 1. The van der Waals surface area contributed by atoms with Gasteiger partial charge in [0.25, 0.3) is 0 Å². The maximum Gasteiger partial charge on any atom is 0.130 e. The van der Waals surface area contributed by atoms with Gasteiger partial charge >= 0.3 is 0 Å². The van der Waals surface area contributed by atoms with Crippen molar-refractivity contribution in [2.24, 2.45) is 0 Å². The second kappa shape index (κ2) is 10.2. The zero-order valence-electron chi connectivity index (χ0n) is 18.3. The van der Waals surface area contributed by atoms with E-state index in [1.807, 2.05) is 31.3 Å². The van der Waals surface area contributed by atoms with Crippen molar-refractivity contribution in [2.45, 2.75) is 13.3 Å². The summed E-state index contributed by atoms with van der Waals surface area (Å²) in [6.45, 7) is 6.97. The lowest BCUT2D eigenvalue weighted by atomic mass is 10.1. The van der Waals surface area contributed by atoms with Gasteiger partial charge in [-0.1, -0.05) is 18.2 Å². The summed E-state index contributed by atoms with van der Waals surface area (Å²) in [5, 5.41) is 3.46. The molecule has 0 radical (unpaired) electrons. The minimum Gasteiger partial charge on any atom is -0.378 e. The number of ether oxygens (including phenoxy) is 1. The van der Waals surface area contributed by atoms with Crippen LogP contribution in [0, 0.1) is 6.92 Å². The highest BCUT2D eigenvalue weighted by molar-refractivity contribution is 5.65. The van der Waals surface area contributed by atoms with Crippen molar-refractivity contribution in [3.63, 3.8) is 0 Å². The molecule has 0 aliphatic carbocycles. The van der Waals surface area contributed by atoms with E-state index in [2.05, 4.69) is 67.4 Å². The second-order valence-electron chi connectivity index (χ2n) is 7.73. The smallest absolute Gasteiger partial charge is 0.130 e. The summed E-state index contributed by atoms with van der Waals surface area (Å²) in [5.41, 5.74) is 3.19. The summed E-state index contributed by atoms with van der Waals surface area (Å²) in [6.07, 6.45) is 2.87. The Bertz CT molecular complexity index is 975. The average Bonchev–Trinajstić information content (AvgIpc) is 2.82. The molecule has 0 spiro atoms. The highest BCUT2D eigenvalue weighted by Crippen LogP contribution is 2.24. The molecule has 1 aliphatic rings. The molecule has 4 rings (SSSR count). The summed E-state index contributed by atoms with van der Waals surface area (Å²) in [6, 6.07) is 16.6. The van der Waals surface area contributed by atoms with Crippen molar-refractivity contribution >= 4 is 17.3 Å². The molecule has 7 heteroatoms. The first kappa shape index (κ1) is 21.1. The lowest BCUT2D eigenvalue weighted by Crippen LogP contribution is -2.36. The molecule has 0 saturated carbocycles. The lowest BCUT2D eigenvalue weighted by Gasteiger charge is -2.28. The first-order valence-corrected chi connectivity index (χ1v) is 10.8. The van der Waals surface area contributed by atoms with Crippen LogP contribution in [0.4, 0.5) is 17.3 Å². The van der Waals surface area contributed by atoms with E-state index in [0.717, 1.165) is 74.5 Å². The number of para-hydroxylation sites is 1. The molecule has 0 unspecified atom stereocenters. The second-order valence-corrected chi connectivity index (χ2v) is 7.73. The Morgan fingerprint density at radius 2 is 1.87 bits per heavy atom. The number of rotatable bonds is 8. The Kier molecular flexibility index (Phi) is 6.94. The zero-order valence-corrected chi connectivity index (χ0v) is 18.3. The molecule has 2 aromatic heterocycles. The SMILES string of the molecule is Cc1nc(NCCCN(C)c2ccccc2)cc(-c2ccnc(N3CCOCC3)c2)n1. The number of hydrogen-bond acceptors (Lipinski definition) is 7. The number of aromatic nitrogens is 3. The topological polar surface area (TPSA) is 66.4 Å². The van der Waals surface area contributed by atoms with Crippen LogP contribution in [0.3, 0.4) is 0 Å². The predicted octanol–water partition coefficient (Wildman–Crippen LogP) is 3.62. The van der Waals surface area contributed by atoms with E-state index in [1.165, 1.54) is 5.69 Å². The molecule has 31 heavy (non-hydrogen) atoms. The number of nitrogens with one attached hydrogen (secondary N) is 1. The largest absolute Gasteiger partial charge is 0.378 e. The molecule has 3 heterocycles. The summed E-state index contributed by atoms with van der Waals surface area (Å²) in [7, 11) is 2.12. The van der Waals surface area contributed by atoms with Crippen LogP contribution < -0.4 is 15.1 Å². The third-order valence-corrected chi connectivity index (χ3v) is 5.39. The van der Waals surface area contributed by atoms with Crippen molar-refractivity contribution in [1.82, 2.24) is 15.0 Å². The highest BCUT2D eigenvalue weighted by atomic mass is 16.5. The number of nitrogens with zero attached hydrogens (tertiary/aromatic N) is 5. The molecule has 0 bridgehead atoms. The van der Waals surface area contributed by atoms with E-state index in [4.69, 9.17) is 4.74 Å². The van der Waals surface area contributed by atoms with Crippen LogP contribution in [-0.2, 0) is 4.74 Å². The minimum atomic E-state index is 0.742. The summed E-state index contributed by atoms with van der Waals surface area (Å²) in [4.78, 5) is 18.3. The van der Waals surface area contributed by atoms with E-state index < -0.39 is 0 Å². The Morgan fingerprint density at radius 3 is 2.68 bits per heavy atom. The molecule has 1 saturated heterocycles. The molecule has 162 valence electrons. The Hall–Kier alpha value is -3.19. The maximum atomic E-state index is 5.45. The van der Waals surface area contributed by atoms with Crippen LogP contribution in [0.5, 0.6) is 0 Å². The van der Waals surface area contributed by atoms with Crippen molar-refractivity contribution in [3.8, 4) is 11.3 Å². The van der Waals surface area contributed by atoms with Crippen LogP contribution in [0.1, 0.15) is 12.2 Å². The molecule has 3 aromatic rings. The van der Waals surface area contributed by atoms with E-state index in [9.17, 15) is 0 Å². The molecule has 1 N–H and O–H groups in total. The van der Waals surface area contributed by atoms with Crippen molar-refractivity contribution in [3.05, 3.63) is 60.6 Å². The van der Waals surface area contributed by atoms with Gasteiger partial charge in [-0.15, -0.1) is 0 Å². The Balaban J connectivity index is 1.38. The van der Waals surface area contributed by atoms with Gasteiger partial charge in [-0.25, -0.2) is 15.0 Å². The Labute approximate surface area is 184 Å². The first-order valence-electron chi connectivity index (χ1n) is 10.8. The highest BCUT2D eigenvalue weighted by Gasteiger charge is 2.14. The Morgan fingerprint density at radius 1 is 1.06 bits per heavy atom. The van der Waals surface area contributed by atoms with Crippen molar-refractivity contribution < 1.29 is 4.74 Å². The normalized spacial score (nSPS) is 13.8. The number of hydrogen-bond donors (Lipinski definition) is 1. The fraction of sp³-hybridized carbons (Fsp3) is 0.375. The van der Waals surface area contributed by atoms with Gasteiger partial charge in [0.1, 0.15) is 17.5 Å². The lowest BCUT2D eigenvalue weighted by molar-refractivity contribution is 0.122. The molecule has 7 nitrogen and oxygen atoms in total. The zero-order chi connectivity index (χ0) is 21.5. The van der Waals surface area contributed by atoms with Crippen LogP contribution in [0.2, 0.25) is 0 Å². The third-order valence-electron chi connectivity index (χ3n) is 5.39. The average molecular weight is 419 g/mol. The molecule has 1 aliphatic heterocycles. The standard InChI is InChI=1S/C24H30N6O/c1-19-27-22(20-9-11-26-24(17-20)30-13-15-31-16-14-30)18-23(28-19)25-10-6-12-29(2)21-7-4-3-5-8-21/h3-5,7-9,11,17-18H,6,10,12-16H2,1-2H3,(H,25,27,28). The molecule has 1 fully saturated rings. The van der Waals surface area contributed by atoms with E-state index in [0.29, 0.717) is 0 Å². The monoisotopic (exact) mass is 418 g/mol. The van der Waals surface area contributed by atoms with Crippen LogP contribution in [0.15, 0.2) is 54.7 Å². The van der Waals surface area contributed by atoms with Gasteiger partial charge in [0.2, 0.25) is 0 Å². The van der Waals surface area contributed by atoms with Crippen molar-refractivity contribution in [2.75, 3.05) is 61.6 Å². The van der Waals surface area contributed by atoms with Gasteiger partial charge in [0, 0.05) is 56.7 Å². The molecular formula is C24H30N6O. The summed E-state index contributed by atoms with van der Waals surface area (Å²) >= 11 is 0. The van der Waals surface area contributed by atoms with E-state index in [1.54, 1.807) is 0 Å². The van der Waals surface area contributed by atoms with Gasteiger partial charge in [0.05, 0.1) is 18.9 Å². The number of anilines is 3. The molecule has 0 amide bonds. The maximum absolute atomic E-state index is 5.45. The van der Waals surface area contributed by atoms with E-state index >= 15 is 0 Å². The number of aryl methyl sites for hydroxylation is 1.